The Morgan fingerprint density at radius 3 is 2.93 bits per heavy atom. The van der Waals surface area contributed by atoms with Gasteiger partial charge in [0.05, 0.1) is 26.0 Å². The summed E-state index contributed by atoms with van der Waals surface area (Å²) in [5.41, 5.74) is 7.35. The first kappa shape index (κ1) is 18.0. The number of imidazole rings is 1. The molecule has 0 saturated carbocycles. The molecule has 0 unspecified atom stereocenters. The molecule has 0 fully saturated rings. The van der Waals surface area contributed by atoms with Gasteiger partial charge in [0, 0.05) is 0 Å². The lowest BCUT2D eigenvalue weighted by Crippen LogP contribution is -2.07. The minimum absolute atomic E-state index is 0.00776. The zero-order valence-electron chi connectivity index (χ0n) is 15.0. The number of phenolic OH excluding ortho intramolecular Hbond substituents is 1. The molecule has 3 heterocycles. The van der Waals surface area contributed by atoms with Crippen molar-refractivity contribution in [3.05, 3.63) is 52.4 Å². The first-order chi connectivity index (χ1) is 13.6. The van der Waals surface area contributed by atoms with Crippen LogP contribution in [0, 0.1) is 0 Å². The normalized spacial score (nSPS) is 12.8. The van der Waals surface area contributed by atoms with E-state index in [0.717, 1.165) is 0 Å². The molecule has 1 aromatic carbocycles. The maximum absolute atomic E-state index is 10.6. The van der Waals surface area contributed by atoms with Crippen LogP contribution in [0.1, 0.15) is 12.7 Å². The SMILES string of the molecule is CCOC1=NC(c2nc3ncc(Br)nc3n2-c2c(O)cccc2OC)=C=C=C1. The van der Waals surface area contributed by atoms with Crippen LogP contribution in [-0.4, -0.2) is 44.2 Å². The molecule has 1 aliphatic rings. The van der Waals surface area contributed by atoms with Gasteiger partial charge in [-0.05, 0) is 40.7 Å². The van der Waals surface area contributed by atoms with E-state index in [1.807, 2.05) is 6.92 Å². The van der Waals surface area contributed by atoms with E-state index in [1.54, 1.807) is 35.0 Å². The van der Waals surface area contributed by atoms with Gasteiger partial charge in [0.25, 0.3) is 0 Å². The number of hydrogen-bond donors (Lipinski definition) is 1. The van der Waals surface area contributed by atoms with Crippen molar-refractivity contribution in [1.29, 1.82) is 0 Å². The zero-order chi connectivity index (χ0) is 19.7. The molecule has 8 nitrogen and oxygen atoms in total. The van der Waals surface area contributed by atoms with Crippen LogP contribution in [-0.2, 0) is 4.74 Å². The van der Waals surface area contributed by atoms with Gasteiger partial charge in [0.1, 0.15) is 21.8 Å². The van der Waals surface area contributed by atoms with Crippen LogP contribution >= 0.6 is 15.9 Å². The number of halogens is 1. The van der Waals surface area contributed by atoms with Gasteiger partial charge in [-0.3, -0.25) is 4.57 Å². The Labute approximate surface area is 168 Å². The molecular weight excluding hydrogens is 426 g/mol. The fraction of sp³-hybridized carbons (Fsp3) is 0.158. The monoisotopic (exact) mass is 439 g/mol. The standard InChI is InChI=1S/C19H14BrN5O3/c1-3-28-15-9-4-6-11(22-15)18-24-17-19(23-14(20)10-21-17)25(18)16-12(26)7-5-8-13(16)27-2/h5,7-10,26H,3H2,1-2H3. The summed E-state index contributed by atoms with van der Waals surface area (Å²) in [5, 5.41) is 10.6. The number of methoxy groups -OCH3 is 1. The van der Waals surface area contributed by atoms with Gasteiger partial charge in [-0.15, -0.1) is 0 Å². The largest absolute Gasteiger partial charge is 0.506 e. The van der Waals surface area contributed by atoms with Crippen molar-refractivity contribution in [3.63, 3.8) is 0 Å². The number of ether oxygens (including phenoxy) is 2. The van der Waals surface area contributed by atoms with Crippen LogP contribution in [0.5, 0.6) is 11.5 Å². The summed E-state index contributed by atoms with van der Waals surface area (Å²) in [6, 6.07) is 4.97. The molecule has 9 heteroatoms. The molecule has 0 aliphatic carbocycles. The Morgan fingerprint density at radius 1 is 1.29 bits per heavy atom. The topological polar surface area (TPSA) is 94.7 Å². The van der Waals surface area contributed by atoms with Crippen molar-refractivity contribution < 1.29 is 14.6 Å². The first-order valence-corrected chi connectivity index (χ1v) is 9.12. The summed E-state index contributed by atoms with van der Waals surface area (Å²) >= 11 is 3.33. The van der Waals surface area contributed by atoms with Gasteiger partial charge < -0.3 is 14.6 Å². The fourth-order valence-electron chi connectivity index (χ4n) is 2.77. The molecule has 28 heavy (non-hydrogen) atoms. The van der Waals surface area contributed by atoms with Gasteiger partial charge in [-0.2, -0.15) is 0 Å². The second-order valence-corrected chi connectivity index (χ2v) is 6.40. The first-order valence-electron chi connectivity index (χ1n) is 8.33. The minimum Gasteiger partial charge on any atom is -0.506 e. The lowest BCUT2D eigenvalue weighted by molar-refractivity contribution is 0.330. The van der Waals surface area contributed by atoms with E-state index < -0.39 is 0 Å². The predicted octanol–water partition coefficient (Wildman–Crippen LogP) is 3.39. The van der Waals surface area contributed by atoms with E-state index in [1.165, 1.54) is 7.11 Å². The smallest absolute Gasteiger partial charge is 0.223 e. The molecule has 0 radical (unpaired) electrons. The van der Waals surface area contributed by atoms with Crippen LogP contribution in [0.4, 0.5) is 0 Å². The van der Waals surface area contributed by atoms with Gasteiger partial charge in [-0.1, -0.05) is 11.8 Å². The average Bonchev–Trinajstić information content (AvgIpc) is 3.06. The van der Waals surface area contributed by atoms with E-state index >= 15 is 0 Å². The molecule has 2 aromatic heterocycles. The van der Waals surface area contributed by atoms with Crippen molar-refractivity contribution >= 4 is 38.8 Å². The summed E-state index contributed by atoms with van der Waals surface area (Å²) < 4.78 is 13.1. The molecule has 4 rings (SSSR count). The second-order valence-electron chi connectivity index (χ2n) is 5.58. The van der Waals surface area contributed by atoms with E-state index in [4.69, 9.17) is 9.47 Å². The lowest BCUT2D eigenvalue weighted by atomic mass is 10.2. The molecule has 1 N–H and O–H groups in total. The molecule has 0 atom stereocenters. The molecule has 3 aromatic rings. The van der Waals surface area contributed by atoms with Gasteiger partial charge in [-0.25, -0.2) is 19.9 Å². The van der Waals surface area contributed by atoms with Gasteiger partial charge in [0.2, 0.25) is 5.90 Å². The third-order valence-electron chi connectivity index (χ3n) is 3.87. The number of nitrogens with zero attached hydrogens (tertiary/aromatic N) is 5. The number of aromatic hydroxyl groups is 1. The van der Waals surface area contributed by atoms with Crippen LogP contribution in [0.2, 0.25) is 0 Å². The Hall–Kier alpha value is -3.38. The Bertz CT molecular complexity index is 1220. The molecule has 0 spiro atoms. The molecule has 1 aliphatic heterocycles. The number of fused-ring (bicyclic) bond motifs is 1. The third kappa shape index (κ3) is 3.08. The van der Waals surface area contributed by atoms with E-state index in [2.05, 4.69) is 47.3 Å². The van der Waals surface area contributed by atoms with E-state index in [-0.39, 0.29) is 5.75 Å². The van der Waals surface area contributed by atoms with Gasteiger partial charge in [0.15, 0.2) is 22.8 Å². The number of phenols is 1. The molecule has 0 amide bonds. The second kappa shape index (κ2) is 7.32. The number of rotatable bonds is 4. The summed E-state index contributed by atoms with van der Waals surface area (Å²) in [6.07, 6.45) is 3.14. The highest BCUT2D eigenvalue weighted by Gasteiger charge is 2.24. The quantitative estimate of drug-likeness (QED) is 0.626. The number of benzene rings is 1. The molecular formula is C19H14BrN5O3. The van der Waals surface area contributed by atoms with Crippen molar-refractivity contribution in [1.82, 2.24) is 19.5 Å². The molecule has 140 valence electrons. The van der Waals surface area contributed by atoms with E-state index in [0.29, 0.717) is 51.4 Å². The van der Waals surface area contributed by atoms with Crippen LogP contribution in [0.25, 0.3) is 22.7 Å². The summed E-state index contributed by atoms with van der Waals surface area (Å²) in [4.78, 5) is 17.8. The summed E-state index contributed by atoms with van der Waals surface area (Å²) in [5.74, 6) is 1.19. The van der Waals surface area contributed by atoms with Crippen molar-refractivity contribution in [2.75, 3.05) is 13.7 Å². The van der Waals surface area contributed by atoms with Crippen molar-refractivity contribution in [3.8, 4) is 17.2 Å². The van der Waals surface area contributed by atoms with Crippen LogP contribution in [0.3, 0.4) is 0 Å². The van der Waals surface area contributed by atoms with E-state index in [9.17, 15) is 5.11 Å². The summed E-state index contributed by atoms with van der Waals surface area (Å²) in [7, 11) is 1.52. The van der Waals surface area contributed by atoms with Gasteiger partial charge >= 0.3 is 0 Å². The number of hydrogen-bond acceptors (Lipinski definition) is 7. The Balaban J connectivity index is 2.06. The molecule has 0 bridgehead atoms. The highest BCUT2D eigenvalue weighted by molar-refractivity contribution is 9.10. The fourth-order valence-corrected chi connectivity index (χ4v) is 3.04. The summed E-state index contributed by atoms with van der Waals surface area (Å²) in [6.45, 7) is 2.33. The number of aromatic nitrogens is 4. The van der Waals surface area contributed by atoms with Crippen molar-refractivity contribution in [2.45, 2.75) is 6.92 Å². The Morgan fingerprint density at radius 2 is 2.14 bits per heavy atom. The number of para-hydroxylation sites is 1. The minimum atomic E-state index is -0.00776. The molecule has 0 saturated heterocycles. The maximum atomic E-state index is 10.6. The van der Waals surface area contributed by atoms with Crippen molar-refractivity contribution in [2.24, 2.45) is 4.99 Å². The highest BCUT2D eigenvalue weighted by Crippen LogP contribution is 2.36. The average molecular weight is 440 g/mol. The highest BCUT2D eigenvalue weighted by atomic mass is 79.9. The predicted molar refractivity (Wildman–Crippen MR) is 107 cm³/mol. The lowest BCUT2D eigenvalue weighted by Gasteiger charge is -2.14. The number of aliphatic imine (C=N–C) groups is 1. The third-order valence-corrected chi connectivity index (χ3v) is 4.26. The van der Waals surface area contributed by atoms with Crippen LogP contribution < -0.4 is 4.74 Å². The Kier molecular flexibility index (Phi) is 4.71. The van der Waals surface area contributed by atoms with Crippen LogP contribution in [0.15, 0.2) is 51.5 Å². The maximum Gasteiger partial charge on any atom is 0.223 e. The zero-order valence-corrected chi connectivity index (χ0v) is 16.6.